The van der Waals surface area contributed by atoms with Crippen molar-refractivity contribution in [1.29, 1.82) is 0 Å². The van der Waals surface area contributed by atoms with Gasteiger partial charge < -0.3 is 19.9 Å². The van der Waals surface area contributed by atoms with Gasteiger partial charge >= 0.3 is 0 Å². The molecule has 2 aliphatic rings. The summed E-state index contributed by atoms with van der Waals surface area (Å²) in [6.45, 7) is 5.05. The van der Waals surface area contributed by atoms with E-state index in [0.717, 1.165) is 5.69 Å². The summed E-state index contributed by atoms with van der Waals surface area (Å²) in [4.78, 5) is 12.3. The van der Waals surface area contributed by atoms with E-state index in [1.807, 2.05) is 13.8 Å². The Balaban J connectivity index is 1.70. The molecule has 0 saturated carbocycles. The third-order valence-corrected chi connectivity index (χ3v) is 3.78. The van der Waals surface area contributed by atoms with Gasteiger partial charge in [0.1, 0.15) is 24.0 Å². The Hall–Kier alpha value is -1.44. The molecule has 0 unspecified atom stereocenters. The van der Waals surface area contributed by atoms with Crippen LogP contribution in [0, 0.1) is 6.92 Å². The van der Waals surface area contributed by atoms with Gasteiger partial charge in [0.05, 0.1) is 24.9 Å². The summed E-state index contributed by atoms with van der Waals surface area (Å²) in [6, 6.07) is 1.53. The largest absolute Gasteiger partial charge is 0.388 e. The van der Waals surface area contributed by atoms with Gasteiger partial charge in [-0.05, 0) is 19.9 Å². The van der Waals surface area contributed by atoms with Crippen molar-refractivity contribution in [3.8, 4) is 0 Å². The number of nitrogens with zero attached hydrogens (tertiary/aromatic N) is 2. The van der Waals surface area contributed by atoms with E-state index in [1.165, 1.54) is 0 Å². The zero-order valence-corrected chi connectivity index (χ0v) is 11.6. The Morgan fingerprint density at radius 3 is 3.00 bits per heavy atom. The van der Waals surface area contributed by atoms with Crippen LogP contribution in [-0.2, 0) is 16.0 Å². The van der Waals surface area contributed by atoms with Gasteiger partial charge in [-0.25, -0.2) is 0 Å². The van der Waals surface area contributed by atoms with Crippen LogP contribution in [0.25, 0.3) is 0 Å². The number of carbonyl (C=O) groups excluding carboxylic acids is 1. The van der Waals surface area contributed by atoms with E-state index in [4.69, 9.17) is 9.47 Å². The molecule has 2 saturated heterocycles. The molecule has 3 heterocycles. The second-order valence-electron chi connectivity index (χ2n) is 5.23. The van der Waals surface area contributed by atoms with E-state index in [2.05, 4.69) is 10.4 Å². The molecule has 1 aromatic heterocycles. The predicted molar refractivity (Wildman–Crippen MR) is 69.4 cm³/mol. The number of aliphatic hydroxyl groups excluding tert-OH is 1. The van der Waals surface area contributed by atoms with Crippen LogP contribution in [0.1, 0.15) is 23.1 Å². The second-order valence-corrected chi connectivity index (χ2v) is 5.23. The molecule has 7 heteroatoms. The van der Waals surface area contributed by atoms with Crippen LogP contribution in [0.15, 0.2) is 6.07 Å². The first kappa shape index (κ1) is 13.5. The number of nitrogens with one attached hydrogen (secondary N) is 1. The van der Waals surface area contributed by atoms with Crippen LogP contribution in [0.4, 0.5) is 0 Å². The maximum Gasteiger partial charge on any atom is 0.269 e. The van der Waals surface area contributed by atoms with Gasteiger partial charge in [0.25, 0.3) is 5.91 Å². The summed E-state index contributed by atoms with van der Waals surface area (Å²) in [5.41, 5.74) is 1.34. The summed E-state index contributed by atoms with van der Waals surface area (Å²) in [5, 5.41) is 16.8. The molecule has 0 aromatic carbocycles. The molecule has 1 aromatic rings. The Morgan fingerprint density at radius 2 is 2.25 bits per heavy atom. The number of ether oxygens (including phenoxy) is 2. The van der Waals surface area contributed by atoms with Crippen molar-refractivity contribution in [1.82, 2.24) is 15.1 Å². The van der Waals surface area contributed by atoms with Gasteiger partial charge in [-0.15, -0.1) is 0 Å². The number of aryl methyl sites for hydroxylation is 2. The lowest BCUT2D eigenvalue weighted by molar-refractivity contribution is 0.0178. The lowest BCUT2D eigenvalue weighted by Gasteiger charge is -2.17. The zero-order chi connectivity index (χ0) is 14.3. The highest BCUT2D eigenvalue weighted by Gasteiger charge is 2.47. The molecule has 110 valence electrons. The van der Waals surface area contributed by atoms with E-state index in [0.29, 0.717) is 18.8 Å². The molecule has 0 spiro atoms. The number of fused-ring (bicyclic) bond motifs is 1. The minimum Gasteiger partial charge on any atom is -0.388 e. The molecular formula is C13H19N3O4. The normalized spacial score (nSPS) is 32.4. The van der Waals surface area contributed by atoms with Crippen molar-refractivity contribution in [3.63, 3.8) is 0 Å². The number of carbonyl (C=O) groups is 1. The third kappa shape index (κ3) is 2.21. The monoisotopic (exact) mass is 281 g/mol. The average Bonchev–Trinajstić information content (AvgIpc) is 3.08. The molecule has 20 heavy (non-hydrogen) atoms. The maximum atomic E-state index is 12.3. The minimum atomic E-state index is -0.606. The minimum absolute atomic E-state index is 0.188. The quantitative estimate of drug-likeness (QED) is 0.778. The standard InChI is InChI=1S/C13H19N3O4/c1-3-16-9(4-7(2)15-16)13(18)14-8-5-19-12-10(17)6-20-11(8)12/h4,8,10-12,17H,3,5-6H2,1-2H3,(H,14,18)/t8-,10+,11+,12+/m0/s1. The SMILES string of the molecule is CCn1nc(C)cc1C(=O)N[C@H]1CO[C@H]2[C@@H]1OC[C@H]2O. The van der Waals surface area contributed by atoms with E-state index in [1.54, 1.807) is 10.7 Å². The van der Waals surface area contributed by atoms with Crippen LogP contribution in [-0.4, -0.2) is 58.4 Å². The van der Waals surface area contributed by atoms with Crippen molar-refractivity contribution >= 4 is 5.91 Å². The lowest BCUT2D eigenvalue weighted by Crippen LogP contribution is -2.44. The van der Waals surface area contributed by atoms with Gasteiger partial charge in [-0.3, -0.25) is 9.48 Å². The van der Waals surface area contributed by atoms with Crippen molar-refractivity contribution in [2.24, 2.45) is 0 Å². The first-order chi connectivity index (χ1) is 9.60. The van der Waals surface area contributed by atoms with E-state index in [-0.39, 0.29) is 30.8 Å². The Labute approximate surface area is 116 Å². The summed E-state index contributed by atoms with van der Waals surface area (Å²) in [5.74, 6) is -0.188. The van der Waals surface area contributed by atoms with Crippen molar-refractivity contribution < 1.29 is 19.4 Å². The number of hydrogen-bond donors (Lipinski definition) is 2. The van der Waals surface area contributed by atoms with Crippen LogP contribution in [0.3, 0.4) is 0 Å². The molecule has 0 bridgehead atoms. The van der Waals surface area contributed by atoms with Crippen LogP contribution < -0.4 is 5.32 Å². The van der Waals surface area contributed by atoms with E-state index >= 15 is 0 Å². The van der Waals surface area contributed by atoms with Gasteiger partial charge in [-0.1, -0.05) is 0 Å². The molecule has 1 amide bonds. The highest BCUT2D eigenvalue weighted by molar-refractivity contribution is 5.93. The van der Waals surface area contributed by atoms with Crippen LogP contribution >= 0.6 is 0 Å². The fraction of sp³-hybridized carbons (Fsp3) is 0.692. The molecule has 0 aliphatic carbocycles. The molecule has 0 radical (unpaired) electrons. The first-order valence-corrected chi connectivity index (χ1v) is 6.86. The fourth-order valence-corrected chi connectivity index (χ4v) is 2.81. The van der Waals surface area contributed by atoms with E-state index in [9.17, 15) is 9.90 Å². The fourth-order valence-electron chi connectivity index (χ4n) is 2.81. The Morgan fingerprint density at radius 1 is 1.50 bits per heavy atom. The molecule has 2 fully saturated rings. The topological polar surface area (TPSA) is 85.6 Å². The Kier molecular flexibility index (Phi) is 3.49. The van der Waals surface area contributed by atoms with Crippen molar-refractivity contribution in [2.75, 3.05) is 13.2 Å². The highest BCUT2D eigenvalue weighted by atomic mass is 16.6. The zero-order valence-electron chi connectivity index (χ0n) is 11.6. The highest BCUT2D eigenvalue weighted by Crippen LogP contribution is 2.27. The van der Waals surface area contributed by atoms with E-state index < -0.39 is 6.10 Å². The van der Waals surface area contributed by atoms with Crippen molar-refractivity contribution in [2.45, 2.75) is 44.7 Å². The molecule has 7 nitrogen and oxygen atoms in total. The predicted octanol–water partition coefficient (Wildman–Crippen LogP) is -0.532. The second kappa shape index (κ2) is 5.16. The molecule has 4 atom stereocenters. The molecular weight excluding hydrogens is 262 g/mol. The van der Waals surface area contributed by atoms with Crippen molar-refractivity contribution in [3.05, 3.63) is 17.5 Å². The Bertz CT molecular complexity index is 516. The molecule has 2 N–H and O–H groups in total. The lowest BCUT2D eigenvalue weighted by atomic mass is 10.1. The summed E-state index contributed by atoms with van der Waals surface area (Å²) in [7, 11) is 0. The van der Waals surface area contributed by atoms with Crippen LogP contribution in [0.2, 0.25) is 0 Å². The smallest absolute Gasteiger partial charge is 0.269 e. The number of aromatic nitrogens is 2. The van der Waals surface area contributed by atoms with Gasteiger partial charge in [0.15, 0.2) is 0 Å². The summed E-state index contributed by atoms with van der Waals surface area (Å²) in [6.07, 6.45) is -1.21. The van der Waals surface area contributed by atoms with Gasteiger partial charge in [0, 0.05) is 6.54 Å². The summed E-state index contributed by atoms with van der Waals surface area (Å²) >= 11 is 0. The first-order valence-electron chi connectivity index (χ1n) is 6.86. The molecule has 3 rings (SSSR count). The number of amides is 1. The third-order valence-electron chi connectivity index (χ3n) is 3.78. The maximum absolute atomic E-state index is 12.3. The number of aliphatic hydroxyl groups is 1. The van der Waals surface area contributed by atoms with Gasteiger partial charge in [-0.2, -0.15) is 5.10 Å². The average molecular weight is 281 g/mol. The molecule has 2 aliphatic heterocycles. The summed E-state index contributed by atoms with van der Waals surface area (Å²) < 4.78 is 12.6. The number of hydrogen-bond acceptors (Lipinski definition) is 5. The number of rotatable bonds is 3. The van der Waals surface area contributed by atoms with Crippen LogP contribution in [0.5, 0.6) is 0 Å². The van der Waals surface area contributed by atoms with Gasteiger partial charge in [0.2, 0.25) is 0 Å².